The van der Waals surface area contributed by atoms with Gasteiger partial charge in [0, 0.05) is 23.0 Å². The zero-order valence-electron chi connectivity index (χ0n) is 16.1. The Bertz CT molecular complexity index is 785. The molecule has 0 spiro atoms. The topological polar surface area (TPSA) is 72.4 Å². The Labute approximate surface area is 159 Å². The minimum atomic E-state index is -0.574. The van der Waals surface area contributed by atoms with Crippen molar-refractivity contribution in [3.63, 3.8) is 0 Å². The smallest absolute Gasteiger partial charge is 0.270 e. The molecule has 1 aliphatic rings. The molecule has 6 heteroatoms. The summed E-state index contributed by atoms with van der Waals surface area (Å²) in [4.78, 5) is 24.6. The lowest BCUT2D eigenvalue weighted by molar-refractivity contribution is -0.127. The van der Waals surface area contributed by atoms with E-state index in [0.29, 0.717) is 11.3 Å². The van der Waals surface area contributed by atoms with Crippen molar-refractivity contribution < 1.29 is 14.3 Å². The van der Waals surface area contributed by atoms with E-state index in [1.807, 2.05) is 26.0 Å². The highest BCUT2D eigenvalue weighted by molar-refractivity contribution is 6.00. The number of aromatic nitrogens is 1. The second-order valence-electron chi connectivity index (χ2n) is 7.17. The van der Waals surface area contributed by atoms with Crippen LogP contribution in [0, 0.1) is 13.8 Å². The van der Waals surface area contributed by atoms with E-state index >= 15 is 0 Å². The van der Waals surface area contributed by atoms with Gasteiger partial charge in [0.15, 0.2) is 6.10 Å². The van der Waals surface area contributed by atoms with Crippen molar-refractivity contribution in [2.24, 2.45) is 0 Å². The molecule has 0 saturated heterocycles. The van der Waals surface area contributed by atoms with Crippen LogP contribution in [0.15, 0.2) is 36.4 Å². The van der Waals surface area contributed by atoms with Crippen molar-refractivity contribution in [3.8, 4) is 5.75 Å². The molecule has 27 heavy (non-hydrogen) atoms. The van der Waals surface area contributed by atoms with Gasteiger partial charge in [0.2, 0.25) is 0 Å². The Kier molecular flexibility index (Phi) is 5.84. The molecule has 0 bridgehead atoms. The van der Waals surface area contributed by atoms with Gasteiger partial charge in [-0.05, 0) is 70.0 Å². The Balaban J connectivity index is 1.56. The van der Waals surface area contributed by atoms with Crippen molar-refractivity contribution in [3.05, 3.63) is 53.3 Å². The minimum absolute atomic E-state index is 0.0951. The fourth-order valence-corrected chi connectivity index (χ4v) is 3.34. The maximum Gasteiger partial charge on any atom is 0.270 e. The number of nitrogens with zero attached hydrogens (tertiary/aromatic N) is 1. The van der Waals surface area contributed by atoms with Crippen LogP contribution in [0.3, 0.4) is 0 Å². The molecule has 3 rings (SSSR count). The first-order valence-electron chi connectivity index (χ1n) is 9.47. The van der Waals surface area contributed by atoms with Crippen molar-refractivity contribution in [2.75, 3.05) is 5.43 Å². The first-order chi connectivity index (χ1) is 12.9. The van der Waals surface area contributed by atoms with Gasteiger partial charge in [-0.25, -0.2) is 0 Å². The van der Waals surface area contributed by atoms with Crippen LogP contribution in [0.4, 0.5) is 0 Å². The predicted molar refractivity (Wildman–Crippen MR) is 105 cm³/mol. The Morgan fingerprint density at radius 3 is 2.22 bits per heavy atom. The van der Waals surface area contributed by atoms with Gasteiger partial charge in [0.1, 0.15) is 5.75 Å². The van der Waals surface area contributed by atoms with Crippen molar-refractivity contribution in [1.29, 1.82) is 0 Å². The molecule has 1 aliphatic carbocycles. The number of benzene rings is 1. The van der Waals surface area contributed by atoms with Crippen molar-refractivity contribution in [1.82, 2.24) is 9.99 Å². The van der Waals surface area contributed by atoms with E-state index in [1.165, 1.54) is 12.8 Å². The monoisotopic (exact) mass is 369 g/mol. The van der Waals surface area contributed by atoms with Gasteiger partial charge in [0.25, 0.3) is 11.8 Å². The summed E-state index contributed by atoms with van der Waals surface area (Å²) in [6.45, 7) is 5.60. The third-order valence-electron chi connectivity index (χ3n) is 4.98. The summed E-state index contributed by atoms with van der Waals surface area (Å²) in [5.41, 5.74) is 5.31. The van der Waals surface area contributed by atoms with Crippen molar-refractivity contribution in [2.45, 2.75) is 58.6 Å². The maximum atomic E-state index is 12.4. The van der Waals surface area contributed by atoms with Gasteiger partial charge >= 0.3 is 0 Å². The summed E-state index contributed by atoms with van der Waals surface area (Å²) < 4.78 is 7.47. The summed E-state index contributed by atoms with van der Waals surface area (Å²) >= 11 is 0. The third-order valence-corrected chi connectivity index (χ3v) is 4.98. The van der Waals surface area contributed by atoms with Gasteiger partial charge in [-0.3, -0.25) is 19.7 Å². The van der Waals surface area contributed by atoms with Crippen LogP contribution in [0.25, 0.3) is 0 Å². The summed E-state index contributed by atoms with van der Waals surface area (Å²) in [6.07, 6.45) is 3.86. The van der Waals surface area contributed by atoms with E-state index in [9.17, 15) is 9.59 Å². The fourth-order valence-electron chi connectivity index (χ4n) is 3.34. The lowest BCUT2D eigenvalue weighted by atomic mass is 10.2. The van der Waals surface area contributed by atoms with E-state index in [0.717, 1.165) is 24.2 Å². The molecule has 1 fully saturated rings. The van der Waals surface area contributed by atoms with Gasteiger partial charge in [0.05, 0.1) is 0 Å². The second-order valence-corrected chi connectivity index (χ2v) is 7.17. The van der Waals surface area contributed by atoms with E-state index in [1.54, 1.807) is 35.9 Å². The van der Waals surface area contributed by atoms with Crippen molar-refractivity contribution >= 4 is 11.8 Å². The first kappa shape index (κ1) is 19.0. The molecule has 2 amide bonds. The number of hydrogen-bond acceptors (Lipinski definition) is 3. The Hall–Kier alpha value is -2.76. The first-order valence-corrected chi connectivity index (χ1v) is 9.47. The van der Waals surface area contributed by atoms with Crippen LogP contribution in [-0.4, -0.2) is 28.6 Å². The van der Waals surface area contributed by atoms with Gasteiger partial charge in [-0.15, -0.1) is 0 Å². The lowest BCUT2D eigenvalue weighted by Crippen LogP contribution is -2.41. The molecule has 144 valence electrons. The molecule has 2 aromatic rings. The number of amides is 2. The highest BCUT2D eigenvalue weighted by Gasteiger charge is 2.21. The molecule has 1 saturated carbocycles. The molecular weight excluding hydrogens is 342 g/mol. The fraction of sp³-hybridized carbons (Fsp3) is 0.429. The van der Waals surface area contributed by atoms with Crippen LogP contribution in [-0.2, 0) is 4.79 Å². The van der Waals surface area contributed by atoms with Crippen LogP contribution >= 0.6 is 0 Å². The van der Waals surface area contributed by atoms with E-state index in [2.05, 4.69) is 10.7 Å². The van der Waals surface area contributed by atoms with Crippen LogP contribution in [0.1, 0.15) is 54.4 Å². The number of aryl methyl sites for hydroxylation is 2. The third kappa shape index (κ3) is 4.70. The largest absolute Gasteiger partial charge is 0.481 e. The summed E-state index contributed by atoms with van der Waals surface area (Å²) in [7, 11) is 0. The highest BCUT2D eigenvalue weighted by Crippen LogP contribution is 2.19. The molecule has 0 radical (unpaired) electrons. The quantitative estimate of drug-likeness (QED) is 0.820. The molecule has 0 aliphatic heterocycles. The summed E-state index contributed by atoms with van der Waals surface area (Å²) in [5.74, 6) is 0.271. The zero-order chi connectivity index (χ0) is 19.4. The molecule has 1 heterocycles. The standard InChI is InChI=1S/C21H27N3O3/c1-14-8-9-15(2)24(14)23-21(26)17-10-12-19(13-11-17)27-16(3)20(25)22-18-6-4-5-7-18/h8-13,16,18H,4-7H2,1-3H3,(H,22,25)(H,23,26)/t16-/m1/s1. The molecule has 1 aromatic carbocycles. The number of hydrogen-bond donors (Lipinski definition) is 2. The van der Waals surface area contributed by atoms with E-state index in [-0.39, 0.29) is 17.9 Å². The Morgan fingerprint density at radius 2 is 1.63 bits per heavy atom. The summed E-state index contributed by atoms with van der Waals surface area (Å²) in [6, 6.07) is 11.0. The molecular formula is C21H27N3O3. The average molecular weight is 369 g/mol. The molecule has 2 N–H and O–H groups in total. The maximum absolute atomic E-state index is 12.4. The SMILES string of the molecule is Cc1ccc(C)n1NC(=O)c1ccc(O[C@H](C)C(=O)NC2CCCC2)cc1. The van der Waals surface area contributed by atoms with E-state index in [4.69, 9.17) is 4.74 Å². The second kappa shape index (κ2) is 8.29. The number of carbonyl (C=O) groups excluding carboxylic acids is 2. The zero-order valence-corrected chi connectivity index (χ0v) is 16.1. The highest BCUT2D eigenvalue weighted by atomic mass is 16.5. The van der Waals surface area contributed by atoms with Gasteiger partial charge < -0.3 is 10.1 Å². The molecule has 1 aromatic heterocycles. The molecule has 1 atom stereocenters. The normalized spacial score (nSPS) is 15.4. The number of carbonyl (C=O) groups is 2. The number of nitrogens with one attached hydrogen (secondary N) is 2. The van der Waals surface area contributed by atoms with Crippen LogP contribution in [0.5, 0.6) is 5.75 Å². The predicted octanol–water partition coefficient (Wildman–Crippen LogP) is 3.31. The van der Waals surface area contributed by atoms with Gasteiger partial charge in [-0.1, -0.05) is 12.8 Å². The molecule has 6 nitrogen and oxygen atoms in total. The number of rotatable bonds is 6. The average Bonchev–Trinajstić information content (AvgIpc) is 3.27. The number of ether oxygens (including phenoxy) is 1. The lowest BCUT2D eigenvalue weighted by Gasteiger charge is -2.18. The van der Waals surface area contributed by atoms with Gasteiger partial charge in [-0.2, -0.15) is 0 Å². The van der Waals surface area contributed by atoms with E-state index < -0.39 is 6.10 Å². The van der Waals surface area contributed by atoms with Crippen LogP contribution in [0.2, 0.25) is 0 Å². The minimum Gasteiger partial charge on any atom is -0.481 e. The molecule has 0 unspecified atom stereocenters. The van der Waals surface area contributed by atoms with Crippen LogP contribution < -0.4 is 15.5 Å². The summed E-state index contributed by atoms with van der Waals surface area (Å²) in [5, 5.41) is 3.03. The Morgan fingerprint density at radius 1 is 1.04 bits per heavy atom.